The molecule has 8 heteroatoms. The summed E-state index contributed by atoms with van der Waals surface area (Å²) in [7, 11) is 0. The summed E-state index contributed by atoms with van der Waals surface area (Å²) < 4.78 is 40.2. The second-order valence-corrected chi connectivity index (χ2v) is 6.62. The van der Waals surface area contributed by atoms with Crippen LogP contribution >= 0.6 is 0 Å². The van der Waals surface area contributed by atoms with Gasteiger partial charge < -0.3 is 10.2 Å². The highest BCUT2D eigenvalue weighted by atomic mass is 19.2. The molecule has 2 aromatic rings. The highest BCUT2D eigenvalue weighted by molar-refractivity contribution is 6.03. The quantitative estimate of drug-likeness (QED) is 0.809. The number of carbonyl (C=O) groups excluding carboxylic acids is 1. The molecular weight excluding hydrogens is 357 g/mol. The molecule has 1 unspecified atom stereocenters. The second-order valence-electron chi connectivity index (χ2n) is 6.62. The molecule has 1 saturated heterocycles. The molecule has 1 aliphatic heterocycles. The van der Waals surface area contributed by atoms with Gasteiger partial charge in [0.2, 0.25) is 5.95 Å². The molecule has 5 nitrogen and oxygen atoms in total. The molecule has 27 heavy (non-hydrogen) atoms. The Morgan fingerprint density at radius 2 is 2.00 bits per heavy atom. The van der Waals surface area contributed by atoms with Crippen molar-refractivity contribution in [1.82, 2.24) is 9.97 Å². The Morgan fingerprint density at radius 1 is 1.22 bits per heavy atom. The number of anilines is 2. The topological polar surface area (TPSA) is 58.1 Å². The third-order valence-electron chi connectivity index (χ3n) is 4.71. The van der Waals surface area contributed by atoms with E-state index in [1.165, 1.54) is 6.07 Å². The first-order chi connectivity index (χ1) is 12.9. The summed E-state index contributed by atoms with van der Waals surface area (Å²) in [6.45, 7) is 4.64. The first-order valence-corrected chi connectivity index (χ1v) is 8.98. The predicted molar refractivity (Wildman–Crippen MR) is 96.3 cm³/mol. The van der Waals surface area contributed by atoms with Crippen LogP contribution in [0.1, 0.15) is 48.8 Å². The molecule has 0 radical (unpaired) electrons. The van der Waals surface area contributed by atoms with E-state index >= 15 is 0 Å². The molecule has 0 saturated carbocycles. The Bertz CT molecular complexity index is 859. The first kappa shape index (κ1) is 19.1. The van der Waals surface area contributed by atoms with Crippen LogP contribution in [0.15, 0.2) is 18.2 Å². The van der Waals surface area contributed by atoms with E-state index in [0.29, 0.717) is 17.7 Å². The van der Waals surface area contributed by atoms with E-state index in [1.54, 1.807) is 6.92 Å². The Hall–Kier alpha value is -2.64. The van der Waals surface area contributed by atoms with Gasteiger partial charge in [0.25, 0.3) is 5.91 Å². The van der Waals surface area contributed by atoms with Crippen molar-refractivity contribution >= 4 is 17.5 Å². The standard InChI is InChI=1S/C19H21F3N4O/c1-3-12-6-4-5-9-26(12)19-23-11(2)10-15(25-19)18(27)24-14-8-7-13(20)16(21)17(14)22/h7-8,10,12H,3-6,9H2,1-2H3,(H,24,27). The lowest BCUT2D eigenvalue weighted by Crippen LogP contribution is -2.40. The molecule has 0 spiro atoms. The van der Waals surface area contributed by atoms with Crippen molar-refractivity contribution < 1.29 is 18.0 Å². The van der Waals surface area contributed by atoms with Gasteiger partial charge in [-0.25, -0.2) is 23.1 Å². The van der Waals surface area contributed by atoms with E-state index in [4.69, 9.17) is 0 Å². The molecule has 1 atom stereocenters. The van der Waals surface area contributed by atoms with Crippen molar-refractivity contribution in [2.75, 3.05) is 16.8 Å². The Balaban J connectivity index is 1.87. The fourth-order valence-corrected chi connectivity index (χ4v) is 3.29. The van der Waals surface area contributed by atoms with Gasteiger partial charge in [-0.3, -0.25) is 4.79 Å². The van der Waals surface area contributed by atoms with Gasteiger partial charge in [0, 0.05) is 18.3 Å². The second kappa shape index (κ2) is 7.94. The van der Waals surface area contributed by atoms with E-state index in [9.17, 15) is 18.0 Å². The summed E-state index contributed by atoms with van der Waals surface area (Å²) in [5.74, 6) is -4.65. The molecule has 144 valence electrons. The first-order valence-electron chi connectivity index (χ1n) is 8.98. The zero-order valence-electron chi connectivity index (χ0n) is 15.2. The number of aromatic nitrogens is 2. The van der Waals surface area contributed by atoms with Crippen LogP contribution in [-0.2, 0) is 0 Å². The minimum Gasteiger partial charge on any atom is -0.338 e. The Kier molecular flexibility index (Phi) is 5.62. The third-order valence-corrected chi connectivity index (χ3v) is 4.71. The molecule has 1 amide bonds. The lowest BCUT2D eigenvalue weighted by molar-refractivity contribution is 0.102. The summed E-state index contributed by atoms with van der Waals surface area (Å²) in [6, 6.07) is 3.50. The average Bonchev–Trinajstić information content (AvgIpc) is 2.67. The Morgan fingerprint density at radius 3 is 2.74 bits per heavy atom. The maximum absolute atomic E-state index is 13.8. The zero-order chi connectivity index (χ0) is 19.6. The number of nitrogens with zero attached hydrogens (tertiary/aromatic N) is 3. The molecule has 1 aromatic heterocycles. The molecule has 1 aromatic carbocycles. The van der Waals surface area contributed by atoms with Crippen LogP contribution in [0, 0.1) is 24.4 Å². The van der Waals surface area contributed by atoms with Gasteiger partial charge in [-0.05, 0) is 50.8 Å². The summed E-state index contributed by atoms with van der Waals surface area (Å²) in [4.78, 5) is 23.4. The molecule has 1 aliphatic rings. The van der Waals surface area contributed by atoms with Crippen LogP contribution < -0.4 is 10.2 Å². The fourth-order valence-electron chi connectivity index (χ4n) is 3.29. The lowest BCUT2D eigenvalue weighted by atomic mass is 10.0. The normalized spacial score (nSPS) is 17.1. The maximum atomic E-state index is 13.8. The predicted octanol–water partition coefficient (Wildman–Crippen LogP) is 4.22. The molecule has 0 aliphatic carbocycles. The highest BCUT2D eigenvalue weighted by Crippen LogP contribution is 2.25. The number of benzene rings is 1. The van der Waals surface area contributed by atoms with E-state index in [2.05, 4.69) is 27.1 Å². The monoisotopic (exact) mass is 378 g/mol. The van der Waals surface area contributed by atoms with Crippen molar-refractivity contribution in [3.8, 4) is 0 Å². The van der Waals surface area contributed by atoms with Gasteiger partial charge in [-0.15, -0.1) is 0 Å². The highest BCUT2D eigenvalue weighted by Gasteiger charge is 2.25. The number of hydrogen-bond donors (Lipinski definition) is 1. The lowest BCUT2D eigenvalue weighted by Gasteiger charge is -2.35. The number of amides is 1. The van der Waals surface area contributed by atoms with Crippen molar-refractivity contribution in [2.45, 2.75) is 45.6 Å². The molecule has 3 rings (SSSR count). The van der Waals surface area contributed by atoms with Gasteiger partial charge in [-0.1, -0.05) is 6.92 Å². The maximum Gasteiger partial charge on any atom is 0.274 e. The van der Waals surface area contributed by atoms with E-state index in [-0.39, 0.29) is 5.69 Å². The summed E-state index contributed by atoms with van der Waals surface area (Å²) in [5, 5.41) is 2.25. The van der Waals surface area contributed by atoms with Crippen molar-refractivity contribution in [3.63, 3.8) is 0 Å². The summed E-state index contributed by atoms with van der Waals surface area (Å²) >= 11 is 0. The number of rotatable bonds is 4. The number of hydrogen-bond acceptors (Lipinski definition) is 4. The van der Waals surface area contributed by atoms with Crippen LogP contribution in [0.5, 0.6) is 0 Å². The fraction of sp³-hybridized carbons (Fsp3) is 0.421. The number of nitrogens with one attached hydrogen (secondary N) is 1. The summed E-state index contributed by atoms with van der Waals surface area (Å²) in [5.41, 5.74) is 0.194. The Labute approximate surface area is 155 Å². The van der Waals surface area contributed by atoms with Gasteiger partial charge in [0.05, 0.1) is 5.69 Å². The number of halogens is 3. The molecule has 2 heterocycles. The SMILES string of the molecule is CCC1CCCCN1c1nc(C)cc(C(=O)Nc2ccc(F)c(F)c2F)n1. The van der Waals surface area contributed by atoms with Gasteiger partial charge in [-0.2, -0.15) is 0 Å². The molecule has 0 bridgehead atoms. The van der Waals surface area contributed by atoms with Crippen LogP contribution in [0.4, 0.5) is 24.8 Å². The van der Waals surface area contributed by atoms with Crippen LogP contribution in [0.2, 0.25) is 0 Å². The minimum absolute atomic E-state index is 0.0436. The average molecular weight is 378 g/mol. The van der Waals surface area contributed by atoms with Gasteiger partial charge in [0.1, 0.15) is 5.69 Å². The van der Waals surface area contributed by atoms with E-state index < -0.39 is 29.0 Å². The number of piperidine rings is 1. The van der Waals surface area contributed by atoms with Gasteiger partial charge in [0.15, 0.2) is 17.5 Å². The molecule has 1 fully saturated rings. The third kappa shape index (κ3) is 4.04. The van der Waals surface area contributed by atoms with Crippen LogP contribution in [0.25, 0.3) is 0 Å². The van der Waals surface area contributed by atoms with Crippen LogP contribution in [-0.4, -0.2) is 28.5 Å². The smallest absolute Gasteiger partial charge is 0.274 e. The van der Waals surface area contributed by atoms with Gasteiger partial charge >= 0.3 is 0 Å². The minimum atomic E-state index is -1.63. The number of carbonyl (C=O) groups is 1. The van der Waals surface area contributed by atoms with Crippen molar-refractivity contribution in [1.29, 1.82) is 0 Å². The van der Waals surface area contributed by atoms with Crippen LogP contribution in [0.3, 0.4) is 0 Å². The number of aryl methyl sites for hydroxylation is 1. The summed E-state index contributed by atoms with van der Waals surface area (Å²) in [6.07, 6.45) is 4.15. The van der Waals surface area contributed by atoms with Crippen molar-refractivity contribution in [2.24, 2.45) is 0 Å². The largest absolute Gasteiger partial charge is 0.338 e. The molecule has 1 N–H and O–H groups in total. The molecular formula is C19H21F3N4O. The van der Waals surface area contributed by atoms with E-state index in [0.717, 1.165) is 44.4 Å². The zero-order valence-corrected chi connectivity index (χ0v) is 15.2. The van der Waals surface area contributed by atoms with E-state index in [1.807, 2.05) is 0 Å². The van der Waals surface area contributed by atoms with Crippen molar-refractivity contribution in [3.05, 3.63) is 47.0 Å².